The molecule has 200 valence electrons. The van der Waals surface area contributed by atoms with Crippen molar-refractivity contribution >= 4 is 0 Å². The number of unbranched alkanes of at least 4 members (excludes halogenated alkanes) is 11. The Hall–Kier alpha value is -2.48. The van der Waals surface area contributed by atoms with E-state index in [1.807, 2.05) is 24.3 Å². The van der Waals surface area contributed by atoms with Gasteiger partial charge >= 0.3 is 0 Å². The zero-order chi connectivity index (χ0) is 26.3. The molecule has 3 aromatic carbocycles. The van der Waals surface area contributed by atoms with Crippen molar-refractivity contribution in [2.75, 3.05) is 0 Å². The van der Waals surface area contributed by atoms with Crippen molar-refractivity contribution < 1.29 is 8.78 Å². The molecule has 0 spiro atoms. The van der Waals surface area contributed by atoms with Gasteiger partial charge in [-0.15, -0.1) is 0 Å². The molecule has 3 rings (SSSR count). The molecule has 0 saturated carbocycles. The van der Waals surface area contributed by atoms with Crippen molar-refractivity contribution in [2.24, 2.45) is 0 Å². The van der Waals surface area contributed by atoms with Crippen molar-refractivity contribution in [3.8, 4) is 22.3 Å². The second-order valence-corrected chi connectivity index (χ2v) is 10.6. The van der Waals surface area contributed by atoms with E-state index in [1.165, 1.54) is 69.8 Å². The molecule has 3 aromatic rings. The summed E-state index contributed by atoms with van der Waals surface area (Å²) in [4.78, 5) is 0. The Kier molecular flexibility index (Phi) is 12.9. The second-order valence-electron chi connectivity index (χ2n) is 10.6. The van der Waals surface area contributed by atoms with Gasteiger partial charge in [-0.25, -0.2) is 8.78 Å². The molecular formula is C35H46F2. The molecule has 0 saturated heterocycles. The minimum atomic E-state index is -0.738. The molecule has 0 aliphatic rings. The molecule has 0 radical (unpaired) electrons. The summed E-state index contributed by atoms with van der Waals surface area (Å²) >= 11 is 0. The minimum Gasteiger partial charge on any atom is -0.203 e. The first-order chi connectivity index (χ1) is 18.1. The van der Waals surface area contributed by atoms with E-state index in [0.717, 1.165) is 36.8 Å². The average Bonchev–Trinajstić information content (AvgIpc) is 2.93. The Balaban J connectivity index is 1.47. The summed E-state index contributed by atoms with van der Waals surface area (Å²) in [7, 11) is 0. The third-order valence-electron chi connectivity index (χ3n) is 7.51. The largest absolute Gasteiger partial charge is 0.203 e. The Bertz CT molecular complexity index is 1030. The maximum Gasteiger partial charge on any atom is 0.166 e. The van der Waals surface area contributed by atoms with Crippen LogP contribution in [-0.4, -0.2) is 0 Å². The number of aryl methyl sites for hydroxylation is 2. The van der Waals surface area contributed by atoms with Crippen LogP contribution in [0.5, 0.6) is 0 Å². The topological polar surface area (TPSA) is 0 Å². The molecular weight excluding hydrogens is 458 g/mol. The smallest absolute Gasteiger partial charge is 0.166 e. The lowest BCUT2D eigenvalue weighted by atomic mass is 9.97. The van der Waals surface area contributed by atoms with Gasteiger partial charge in [0.25, 0.3) is 0 Å². The molecule has 37 heavy (non-hydrogen) atoms. The van der Waals surface area contributed by atoms with Crippen molar-refractivity contribution in [2.45, 2.75) is 110 Å². The lowest BCUT2D eigenvalue weighted by Gasteiger charge is -2.10. The van der Waals surface area contributed by atoms with E-state index in [-0.39, 0.29) is 0 Å². The fourth-order valence-electron chi connectivity index (χ4n) is 5.09. The first-order valence-electron chi connectivity index (χ1n) is 14.8. The van der Waals surface area contributed by atoms with Gasteiger partial charge in [-0.2, -0.15) is 0 Å². The average molecular weight is 505 g/mol. The molecule has 0 unspecified atom stereocenters. The summed E-state index contributed by atoms with van der Waals surface area (Å²) in [6.45, 7) is 4.38. The molecule has 0 amide bonds. The summed E-state index contributed by atoms with van der Waals surface area (Å²) in [5.41, 5.74) is 5.14. The van der Waals surface area contributed by atoms with Crippen LogP contribution in [0.4, 0.5) is 8.78 Å². The lowest BCUT2D eigenvalue weighted by molar-refractivity contribution is 0.498. The second kappa shape index (κ2) is 16.4. The third kappa shape index (κ3) is 9.40. The predicted molar refractivity (Wildman–Crippen MR) is 156 cm³/mol. The summed E-state index contributed by atoms with van der Waals surface area (Å²) in [6.07, 6.45) is 18.3. The fraction of sp³-hybridized carbons (Fsp3) is 0.486. The van der Waals surface area contributed by atoms with E-state index >= 15 is 0 Å². The fourth-order valence-corrected chi connectivity index (χ4v) is 5.09. The molecule has 0 bridgehead atoms. The van der Waals surface area contributed by atoms with Crippen LogP contribution in [0, 0.1) is 11.6 Å². The van der Waals surface area contributed by atoms with Gasteiger partial charge in [-0.05, 0) is 53.5 Å². The van der Waals surface area contributed by atoms with Crippen LogP contribution in [-0.2, 0) is 12.8 Å². The van der Waals surface area contributed by atoms with Gasteiger partial charge in [-0.3, -0.25) is 0 Å². The standard InChI is InChI=1S/C35H46F2/c1-3-5-7-8-9-10-11-12-13-15-16-28-18-20-29(21-19-28)30-22-24-31(25-23-30)33-27-26-32(17-14-6-4-2)34(36)35(33)37/h18-27H,3-17H2,1-2H3. The van der Waals surface area contributed by atoms with Crippen LogP contribution in [0.1, 0.15) is 108 Å². The molecule has 0 atom stereocenters. The van der Waals surface area contributed by atoms with Crippen molar-refractivity contribution in [1.82, 2.24) is 0 Å². The molecule has 0 fully saturated rings. The first-order valence-corrected chi connectivity index (χ1v) is 14.8. The SMILES string of the molecule is CCCCCCCCCCCCc1ccc(-c2ccc(-c3ccc(CCCCC)c(F)c3F)cc2)cc1. The zero-order valence-corrected chi connectivity index (χ0v) is 23.1. The highest BCUT2D eigenvalue weighted by Crippen LogP contribution is 2.30. The highest BCUT2D eigenvalue weighted by atomic mass is 19.2. The number of hydrogen-bond donors (Lipinski definition) is 0. The summed E-state index contributed by atoms with van der Waals surface area (Å²) < 4.78 is 29.4. The molecule has 0 heterocycles. The zero-order valence-electron chi connectivity index (χ0n) is 23.1. The van der Waals surface area contributed by atoms with E-state index < -0.39 is 11.6 Å². The summed E-state index contributed by atoms with van der Waals surface area (Å²) in [5, 5.41) is 0. The molecule has 0 nitrogen and oxygen atoms in total. The Labute approximate surface area is 224 Å². The van der Waals surface area contributed by atoms with E-state index in [9.17, 15) is 8.78 Å². The van der Waals surface area contributed by atoms with E-state index in [2.05, 4.69) is 38.1 Å². The lowest BCUT2D eigenvalue weighted by Crippen LogP contribution is -1.97. The predicted octanol–water partition coefficient (Wildman–Crippen LogP) is 11.5. The molecule has 0 aromatic heterocycles. The summed E-state index contributed by atoms with van der Waals surface area (Å²) in [5.74, 6) is -1.44. The third-order valence-corrected chi connectivity index (χ3v) is 7.51. The normalized spacial score (nSPS) is 11.2. The van der Waals surface area contributed by atoms with Crippen LogP contribution < -0.4 is 0 Å². The Morgan fingerprint density at radius 3 is 1.49 bits per heavy atom. The minimum absolute atomic E-state index is 0.329. The number of benzene rings is 3. The highest BCUT2D eigenvalue weighted by molar-refractivity contribution is 5.71. The molecule has 0 aliphatic heterocycles. The van der Waals surface area contributed by atoms with Gasteiger partial charge in [0.2, 0.25) is 0 Å². The molecule has 0 aliphatic carbocycles. The van der Waals surface area contributed by atoms with Crippen LogP contribution in [0.2, 0.25) is 0 Å². The maximum atomic E-state index is 14.8. The van der Waals surface area contributed by atoms with Crippen LogP contribution in [0.3, 0.4) is 0 Å². The number of hydrogen-bond acceptors (Lipinski definition) is 0. The van der Waals surface area contributed by atoms with Gasteiger partial charge in [0.1, 0.15) is 0 Å². The van der Waals surface area contributed by atoms with E-state index in [4.69, 9.17) is 0 Å². The molecule has 2 heteroatoms. The van der Waals surface area contributed by atoms with Crippen LogP contribution >= 0.6 is 0 Å². The number of rotatable bonds is 17. The molecule has 0 N–H and O–H groups in total. The highest BCUT2D eigenvalue weighted by Gasteiger charge is 2.14. The van der Waals surface area contributed by atoms with Crippen molar-refractivity contribution in [3.63, 3.8) is 0 Å². The van der Waals surface area contributed by atoms with E-state index in [0.29, 0.717) is 23.1 Å². The van der Waals surface area contributed by atoms with Gasteiger partial charge in [0, 0.05) is 5.56 Å². The monoisotopic (exact) mass is 504 g/mol. The van der Waals surface area contributed by atoms with Crippen molar-refractivity contribution in [3.05, 3.63) is 83.4 Å². The van der Waals surface area contributed by atoms with E-state index in [1.54, 1.807) is 12.1 Å². The Morgan fingerprint density at radius 2 is 0.892 bits per heavy atom. The number of halogens is 2. The van der Waals surface area contributed by atoms with Gasteiger partial charge in [-0.1, -0.05) is 145 Å². The first kappa shape index (κ1) is 29.1. The quantitative estimate of drug-likeness (QED) is 0.160. The Morgan fingerprint density at radius 1 is 0.432 bits per heavy atom. The van der Waals surface area contributed by atoms with Gasteiger partial charge in [0.15, 0.2) is 11.6 Å². The van der Waals surface area contributed by atoms with Crippen LogP contribution in [0.25, 0.3) is 22.3 Å². The van der Waals surface area contributed by atoms with Crippen molar-refractivity contribution in [1.29, 1.82) is 0 Å². The summed E-state index contributed by atoms with van der Waals surface area (Å²) in [6, 6.07) is 20.0. The van der Waals surface area contributed by atoms with Gasteiger partial charge in [0.05, 0.1) is 0 Å². The van der Waals surface area contributed by atoms with Crippen LogP contribution in [0.15, 0.2) is 60.7 Å². The van der Waals surface area contributed by atoms with Gasteiger partial charge < -0.3 is 0 Å². The maximum absolute atomic E-state index is 14.8.